The molecule has 3 aromatic heterocycles. The summed E-state index contributed by atoms with van der Waals surface area (Å²) in [6, 6.07) is 6.39. The maximum Gasteiger partial charge on any atom is 0.271 e. The summed E-state index contributed by atoms with van der Waals surface area (Å²) in [7, 11) is 1.85. The highest BCUT2D eigenvalue weighted by Gasteiger charge is 2.12. The third-order valence-corrected chi connectivity index (χ3v) is 4.37. The van der Waals surface area contributed by atoms with E-state index in [9.17, 15) is 10.1 Å². The molecular formula is C17H13ClN6O2. The Balaban J connectivity index is 1.74. The summed E-state index contributed by atoms with van der Waals surface area (Å²) in [6.07, 6.45) is 3.45. The Morgan fingerprint density at radius 2 is 2.19 bits per heavy atom. The highest BCUT2D eigenvalue weighted by molar-refractivity contribution is 6.50. The second kappa shape index (κ2) is 5.92. The minimum absolute atomic E-state index is 0.00509. The zero-order valence-corrected chi connectivity index (χ0v) is 14.7. The minimum Gasteiger partial charge on any atom is -0.337 e. The van der Waals surface area contributed by atoms with Crippen LogP contribution in [0.3, 0.4) is 0 Å². The van der Waals surface area contributed by atoms with Crippen LogP contribution < -0.4 is 0 Å². The van der Waals surface area contributed by atoms with Crippen molar-refractivity contribution in [2.24, 2.45) is 7.05 Å². The van der Waals surface area contributed by atoms with Crippen LogP contribution in [0.25, 0.3) is 33.2 Å². The number of aromatic amines is 1. The van der Waals surface area contributed by atoms with E-state index >= 15 is 0 Å². The molecule has 0 atom stereocenters. The van der Waals surface area contributed by atoms with Gasteiger partial charge in [-0.3, -0.25) is 14.8 Å². The maximum atomic E-state index is 10.9. The van der Waals surface area contributed by atoms with Gasteiger partial charge in [-0.2, -0.15) is 5.10 Å². The first-order valence-electron chi connectivity index (χ1n) is 7.73. The fourth-order valence-corrected chi connectivity index (χ4v) is 3.06. The predicted octanol–water partition coefficient (Wildman–Crippen LogP) is 3.80. The Bertz CT molecular complexity index is 1210. The van der Waals surface area contributed by atoms with Crippen molar-refractivity contribution < 1.29 is 4.92 Å². The molecular weight excluding hydrogens is 356 g/mol. The number of nitrogens with one attached hydrogen (secondary N) is 1. The van der Waals surface area contributed by atoms with Gasteiger partial charge in [0.05, 0.1) is 26.7 Å². The van der Waals surface area contributed by atoms with E-state index in [1.54, 1.807) is 23.0 Å². The molecule has 0 amide bonds. The lowest BCUT2D eigenvalue weighted by Gasteiger charge is -1.98. The van der Waals surface area contributed by atoms with Crippen LogP contribution in [-0.4, -0.2) is 29.7 Å². The molecule has 0 unspecified atom stereocenters. The summed E-state index contributed by atoms with van der Waals surface area (Å²) in [5.41, 5.74) is 3.65. The molecule has 0 aliphatic heterocycles. The number of aromatic nitrogens is 5. The van der Waals surface area contributed by atoms with Crippen molar-refractivity contribution >= 4 is 50.5 Å². The number of H-pyrrole nitrogens is 1. The molecule has 26 heavy (non-hydrogen) atoms. The molecule has 0 aliphatic carbocycles. The van der Waals surface area contributed by atoms with Crippen molar-refractivity contribution in [3.8, 4) is 0 Å². The van der Waals surface area contributed by atoms with E-state index in [0.29, 0.717) is 21.9 Å². The average molecular weight is 369 g/mol. The van der Waals surface area contributed by atoms with Crippen LogP contribution in [0.2, 0.25) is 0 Å². The molecule has 0 radical (unpaired) electrons. The number of non-ortho nitro benzene ring substituents is 1. The van der Waals surface area contributed by atoms with Gasteiger partial charge in [0, 0.05) is 30.8 Å². The summed E-state index contributed by atoms with van der Waals surface area (Å²) in [5, 5.41) is 16.6. The number of hydrogen-bond acceptors (Lipinski definition) is 5. The fourth-order valence-electron chi connectivity index (χ4n) is 2.84. The summed E-state index contributed by atoms with van der Waals surface area (Å²) in [5.74, 6) is 0.435. The van der Waals surface area contributed by atoms with E-state index in [1.807, 2.05) is 20.0 Å². The molecule has 0 fully saturated rings. The van der Waals surface area contributed by atoms with Gasteiger partial charge in [-0.15, -0.1) is 0 Å². The summed E-state index contributed by atoms with van der Waals surface area (Å²) >= 11 is 6.40. The smallest absolute Gasteiger partial charge is 0.271 e. The Kier molecular flexibility index (Phi) is 3.69. The van der Waals surface area contributed by atoms with E-state index in [0.717, 1.165) is 22.3 Å². The molecule has 3 heterocycles. The van der Waals surface area contributed by atoms with Gasteiger partial charge in [0.25, 0.3) is 5.69 Å². The zero-order chi connectivity index (χ0) is 18.4. The number of nitro groups is 1. The first-order valence-corrected chi connectivity index (χ1v) is 8.11. The lowest BCUT2D eigenvalue weighted by Crippen LogP contribution is -1.91. The minimum atomic E-state index is -0.450. The van der Waals surface area contributed by atoms with Crippen LogP contribution >= 0.6 is 11.6 Å². The zero-order valence-electron chi connectivity index (χ0n) is 13.9. The molecule has 0 saturated heterocycles. The number of aryl methyl sites for hydroxylation is 2. The van der Waals surface area contributed by atoms with Crippen LogP contribution in [0, 0.1) is 17.0 Å². The summed E-state index contributed by atoms with van der Waals surface area (Å²) in [4.78, 5) is 22.2. The number of hydrogen-bond donors (Lipinski definition) is 1. The number of nitro benzene ring substituents is 1. The average Bonchev–Trinajstić information content (AvgIpc) is 3.15. The van der Waals surface area contributed by atoms with E-state index in [4.69, 9.17) is 11.6 Å². The van der Waals surface area contributed by atoms with Crippen molar-refractivity contribution in [1.29, 1.82) is 0 Å². The van der Waals surface area contributed by atoms with Crippen LogP contribution in [0.4, 0.5) is 5.69 Å². The number of nitrogens with zero attached hydrogens (tertiary/aromatic N) is 5. The van der Waals surface area contributed by atoms with Crippen molar-refractivity contribution in [1.82, 2.24) is 24.7 Å². The van der Waals surface area contributed by atoms with E-state index < -0.39 is 4.92 Å². The molecule has 130 valence electrons. The van der Waals surface area contributed by atoms with Crippen molar-refractivity contribution in [2.75, 3.05) is 0 Å². The molecule has 4 aromatic rings. The number of benzene rings is 1. The fraction of sp³-hybridized carbons (Fsp3) is 0.118. The van der Waals surface area contributed by atoms with Gasteiger partial charge < -0.3 is 4.98 Å². The third kappa shape index (κ3) is 2.70. The molecule has 0 spiro atoms. The first-order chi connectivity index (χ1) is 12.4. The Labute approximate surface area is 152 Å². The van der Waals surface area contributed by atoms with Crippen LogP contribution in [0.5, 0.6) is 0 Å². The molecule has 1 aromatic carbocycles. The van der Waals surface area contributed by atoms with Gasteiger partial charge >= 0.3 is 0 Å². The van der Waals surface area contributed by atoms with Gasteiger partial charge in [0.1, 0.15) is 5.82 Å². The normalized spacial score (nSPS) is 12.2. The van der Waals surface area contributed by atoms with Crippen molar-refractivity contribution in [3.63, 3.8) is 0 Å². The maximum absolute atomic E-state index is 10.9. The molecule has 0 bridgehead atoms. The highest BCUT2D eigenvalue weighted by atomic mass is 35.5. The Morgan fingerprint density at radius 3 is 2.96 bits per heavy atom. The highest BCUT2D eigenvalue weighted by Crippen LogP contribution is 2.26. The quantitative estimate of drug-likeness (QED) is 0.437. The van der Waals surface area contributed by atoms with Gasteiger partial charge in [-0.25, -0.2) is 9.97 Å². The predicted molar refractivity (Wildman–Crippen MR) is 99.7 cm³/mol. The standard InChI is InChI=1S/C17H13ClN6O2/c1-9-12-5-10(8-19-17(12)23(2)22-9)6-13(18)16-20-14-4-3-11(24(25)26)7-15(14)21-16/h3-8H,1-2H3,(H,20,21)/b13-6+. The number of imidazole rings is 1. The Morgan fingerprint density at radius 1 is 1.38 bits per heavy atom. The van der Waals surface area contributed by atoms with Gasteiger partial charge in [-0.1, -0.05) is 11.6 Å². The Hall–Kier alpha value is -3.26. The van der Waals surface area contributed by atoms with Gasteiger partial charge in [0.15, 0.2) is 5.65 Å². The number of pyridine rings is 1. The van der Waals surface area contributed by atoms with E-state index in [-0.39, 0.29) is 5.69 Å². The first kappa shape index (κ1) is 16.2. The van der Waals surface area contributed by atoms with Gasteiger partial charge in [0.2, 0.25) is 0 Å². The third-order valence-electron chi connectivity index (χ3n) is 4.08. The van der Waals surface area contributed by atoms with Crippen molar-refractivity contribution in [2.45, 2.75) is 6.92 Å². The second-order valence-corrected chi connectivity index (χ2v) is 6.29. The van der Waals surface area contributed by atoms with Crippen LogP contribution in [0.15, 0.2) is 30.5 Å². The largest absolute Gasteiger partial charge is 0.337 e. The van der Waals surface area contributed by atoms with Crippen LogP contribution in [-0.2, 0) is 7.05 Å². The summed E-state index contributed by atoms with van der Waals surface area (Å²) in [6.45, 7) is 1.92. The van der Waals surface area contributed by atoms with Gasteiger partial charge in [-0.05, 0) is 30.7 Å². The molecule has 1 N–H and O–H groups in total. The monoisotopic (exact) mass is 368 g/mol. The molecule has 0 saturated carbocycles. The molecule has 0 aliphatic rings. The number of fused-ring (bicyclic) bond motifs is 2. The lowest BCUT2D eigenvalue weighted by molar-refractivity contribution is -0.384. The molecule has 9 heteroatoms. The lowest BCUT2D eigenvalue weighted by atomic mass is 10.2. The topological polar surface area (TPSA) is 103 Å². The number of halogens is 1. The van der Waals surface area contributed by atoms with Crippen molar-refractivity contribution in [3.05, 3.63) is 57.7 Å². The van der Waals surface area contributed by atoms with E-state index in [1.165, 1.54) is 12.1 Å². The summed E-state index contributed by atoms with van der Waals surface area (Å²) < 4.78 is 1.73. The SMILES string of the molecule is Cc1nn(C)c2ncc(/C=C(/Cl)c3nc4ccc([N+](=O)[O-])cc4[nH]3)cc12. The number of rotatable bonds is 3. The van der Waals surface area contributed by atoms with Crippen LogP contribution in [0.1, 0.15) is 17.1 Å². The molecule has 4 rings (SSSR count). The van der Waals surface area contributed by atoms with E-state index in [2.05, 4.69) is 20.1 Å². The second-order valence-electron chi connectivity index (χ2n) is 5.89. The molecule has 8 nitrogen and oxygen atoms in total.